The van der Waals surface area contributed by atoms with Crippen LogP contribution in [0.2, 0.25) is 0 Å². The highest BCUT2D eigenvalue weighted by Crippen LogP contribution is 2.29. The average molecular weight is 462 g/mol. The quantitative estimate of drug-likeness (QED) is 0.637. The summed E-state index contributed by atoms with van der Waals surface area (Å²) in [6.07, 6.45) is 1.10. The van der Waals surface area contributed by atoms with Crippen molar-refractivity contribution in [2.24, 2.45) is 0 Å². The van der Waals surface area contributed by atoms with Crippen molar-refractivity contribution < 1.29 is 13.9 Å². The van der Waals surface area contributed by atoms with Gasteiger partial charge in [0, 0.05) is 43.7 Å². The van der Waals surface area contributed by atoms with Crippen LogP contribution in [0, 0.1) is 12.7 Å². The second-order valence-corrected chi connectivity index (χ2v) is 8.71. The number of morpholine rings is 1. The standard InChI is InChI=1S/C26H28FN5O2/c1-18-5-2-3-8-22(18)29-26(33)32-10-9-23-21(17-32)25(31-11-13-34-14-12-31)30-24(28-23)16-19-6-4-7-20(27)15-19/h2-8,15H,9-14,16-17H2,1H3,(H,29,33). The van der Waals surface area contributed by atoms with Gasteiger partial charge in [0.25, 0.3) is 0 Å². The molecular weight excluding hydrogens is 433 g/mol. The Balaban J connectivity index is 1.42. The SMILES string of the molecule is Cc1ccccc1NC(=O)N1CCc2nc(Cc3cccc(F)c3)nc(N3CCOCC3)c2C1. The number of aromatic nitrogens is 2. The van der Waals surface area contributed by atoms with Gasteiger partial charge in [-0.3, -0.25) is 0 Å². The molecule has 7 nitrogen and oxygen atoms in total. The lowest BCUT2D eigenvalue weighted by Crippen LogP contribution is -2.42. The van der Waals surface area contributed by atoms with Crippen LogP contribution >= 0.6 is 0 Å². The number of nitrogens with zero attached hydrogens (tertiary/aromatic N) is 4. The van der Waals surface area contributed by atoms with Crippen LogP contribution in [-0.2, 0) is 24.1 Å². The van der Waals surface area contributed by atoms with Crippen molar-refractivity contribution in [3.05, 3.63) is 82.6 Å². The van der Waals surface area contributed by atoms with Crippen molar-refractivity contribution in [2.45, 2.75) is 26.3 Å². The summed E-state index contributed by atoms with van der Waals surface area (Å²) in [5.41, 5.74) is 4.61. The molecule has 0 unspecified atom stereocenters. The smallest absolute Gasteiger partial charge is 0.322 e. The number of carbonyl (C=O) groups is 1. The maximum atomic E-state index is 13.7. The highest BCUT2D eigenvalue weighted by molar-refractivity contribution is 5.90. The van der Waals surface area contributed by atoms with Crippen LogP contribution in [0.25, 0.3) is 0 Å². The normalized spacial score (nSPS) is 15.7. The van der Waals surface area contributed by atoms with Crippen LogP contribution in [-0.4, -0.2) is 53.7 Å². The number of amides is 2. The Morgan fingerprint density at radius 1 is 1.09 bits per heavy atom. The van der Waals surface area contributed by atoms with Crippen molar-refractivity contribution in [3.8, 4) is 0 Å². The summed E-state index contributed by atoms with van der Waals surface area (Å²) < 4.78 is 19.2. The Morgan fingerprint density at radius 3 is 2.71 bits per heavy atom. The fourth-order valence-corrected chi connectivity index (χ4v) is 4.47. The van der Waals surface area contributed by atoms with Gasteiger partial charge in [-0.25, -0.2) is 19.2 Å². The third kappa shape index (κ3) is 4.87. The summed E-state index contributed by atoms with van der Waals surface area (Å²) >= 11 is 0. The minimum Gasteiger partial charge on any atom is -0.378 e. The molecule has 3 aromatic rings. The van der Waals surface area contributed by atoms with E-state index in [2.05, 4.69) is 10.2 Å². The van der Waals surface area contributed by atoms with E-state index < -0.39 is 0 Å². The van der Waals surface area contributed by atoms with E-state index in [0.29, 0.717) is 45.0 Å². The third-order valence-corrected chi connectivity index (χ3v) is 6.32. The molecule has 1 N–H and O–H groups in total. The van der Waals surface area contributed by atoms with Gasteiger partial charge in [-0.1, -0.05) is 30.3 Å². The fraction of sp³-hybridized carbons (Fsp3) is 0.346. The Morgan fingerprint density at radius 2 is 1.91 bits per heavy atom. The zero-order chi connectivity index (χ0) is 23.5. The molecule has 1 fully saturated rings. The zero-order valence-corrected chi connectivity index (χ0v) is 19.3. The summed E-state index contributed by atoms with van der Waals surface area (Å²) in [5.74, 6) is 1.26. The molecule has 34 heavy (non-hydrogen) atoms. The summed E-state index contributed by atoms with van der Waals surface area (Å²) in [6, 6.07) is 14.2. The van der Waals surface area contributed by atoms with E-state index >= 15 is 0 Å². The van der Waals surface area contributed by atoms with Gasteiger partial charge in [0.2, 0.25) is 0 Å². The number of benzene rings is 2. The van der Waals surface area contributed by atoms with Gasteiger partial charge in [-0.05, 0) is 36.2 Å². The van der Waals surface area contributed by atoms with Crippen LogP contribution in [0.5, 0.6) is 0 Å². The maximum Gasteiger partial charge on any atom is 0.322 e. The van der Waals surface area contributed by atoms with Crippen LogP contribution in [0.1, 0.15) is 28.2 Å². The molecule has 2 aliphatic rings. The van der Waals surface area contributed by atoms with Gasteiger partial charge < -0.3 is 19.9 Å². The van der Waals surface area contributed by atoms with Crippen molar-refractivity contribution in [2.75, 3.05) is 43.1 Å². The van der Waals surface area contributed by atoms with E-state index in [0.717, 1.165) is 47.0 Å². The highest BCUT2D eigenvalue weighted by atomic mass is 19.1. The Labute approximate surface area is 198 Å². The van der Waals surface area contributed by atoms with E-state index in [1.54, 1.807) is 6.07 Å². The highest BCUT2D eigenvalue weighted by Gasteiger charge is 2.28. The summed E-state index contributed by atoms with van der Waals surface area (Å²) in [4.78, 5) is 26.8. The van der Waals surface area contributed by atoms with E-state index in [4.69, 9.17) is 14.7 Å². The van der Waals surface area contributed by atoms with Crippen molar-refractivity contribution >= 4 is 17.5 Å². The number of carbonyl (C=O) groups excluding carboxylic acids is 1. The number of halogens is 1. The van der Waals surface area contributed by atoms with Gasteiger partial charge in [-0.2, -0.15) is 0 Å². The first kappa shape index (κ1) is 22.3. The third-order valence-electron chi connectivity index (χ3n) is 6.32. The molecule has 0 bridgehead atoms. The van der Waals surface area contributed by atoms with Crippen LogP contribution in [0.4, 0.5) is 20.7 Å². The maximum absolute atomic E-state index is 13.7. The first-order chi connectivity index (χ1) is 16.6. The number of hydrogen-bond acceptors (Lipinski definition) is 5. The molecule has 1 saturated heterocycles. The van der Waals surface area contributed by atoms with Gasteiger partial charge >= 0.3 is 6.03 Å². The lowest BCUT2D eigenvalue weighted by atomic mass is 10.0. The van der Waals surface area contributed by atoms with Crippen molar-refractivity contribution in [1.29, 1.82) is 0 Å². The Bertz CT molecular complexity index is 1200. The monoisotopic (exact) mass is 461 g/mol. The van der Waals surface area contributed by atoms with E-state index in [-0.39, 0.29) is 11.8 Å². The molecule has 0 radical (unpaired) electrons. The number of urea groups is 1. The second-order valence-electron chi connectivity index (χ2n) is 8.71. The second kappa shape index (κ2) is 9.77. The predicted molar refractivity (Wildman–Crippen MR) is 129 cm³/mol. The van der Waals surface area contributed by atoms with Gasteiger partial charge in [0.05, 0.1) is 25.5 Å². The largest absolute Gasteiger partial charge is 0.378 e. The van der Waals surface area contributed by atoms with Crippen LogP contribution < -0.4 is 10.2 Å². The molecule has 2 aliphatic heterocycles. The van der Waals surface area contributed by atoms with Gasteiger partial charge in [0.1, 0.15) is 17.5 Å². The number of ether oxygens (including phenoxy) is 1. The summed E-state index contributed by atoms with van der Waals surface area (Å²) in [6.45, 7) is 5.73. The average Bonchev–Trinajstić information content (AvgIpc) is 2.85. The molecule has 3 heterocycles. The first-order valence-corrected chi connectivity index (χ1v) is 11.6. The number of nitrogens with one attached hydrogen (secondary N) is 1. The van der Waals surface area contributed by atoms with Crippen LogP contribution in [0.3, 0.4) is 0 Å². The molecule has 5 rings (SSSR count). The lowest BCUT2D eigenvalue weighted by Gasteiger charge is -2.34. The number of hydrogen-bond donors (Lipinski definition) is 1. The molecule has 2 amide bonds. The minimum absolute atomic E-state index is 0.128. The fourth-order valence-electron chi connectivity index (χ4n) is 4.47. The predicted octanol–water partition coefficient (Wildman–Crippen LogP) is 3.94. The van der Waals surface area contributed by atoms with Crippen LogP contribution in [0.15, 0.2) is 48.5 Å². The number of rotatable bonds is 4. The van der Waals surface area contributed by atoms with Crippen molar-refractivity contribution in [1.82, 2.24) is 14.9 Å². The minimum atomic E-state index is -0.265. The van der Waals surface area contributed by atoms with E-state index in [9.17, 15) is 9.18 Å². The molecular formula is C26H28FN5O2. The number of aryl methyl sites for hydroxylation is 1. The topological polar surface area (TPSA) is 70.6 Å². The molecule has 1 aromatic heterocycles. The van der Waals surface area contributed by atoms with Crippen molar-refractivity contribution in [3.63, 3.8) is 0 Å². The lowest BCUT2D eigenvalue weighted by molar-refractivity contribution is 0.122. The zero-order valence-electron chi connectivity index (χ0n) is 19.3. The Kier molecular flexibility index (Phi) is 6.40. The molecule has 8 heteroatoms. The number of para-hydroxylation sites is 1. The number of fused-ring (bicyclic) bond motifs is 1. The molecule has 0 atom stereocenters. The van der Waals surface area contributed by atoms with Gasteiger partial charge in [0.15, 0.2) is 0 Å². The molecule has 0 aliphatic carbocycles. The molecule has 0 spiro atoms. The Hall–Kier alpha value is -3.52. The van der Waals surface area contributed by atoms with Gasteiger partial charge in [-0.15, -0.1) is 0 Å². The van der Waals surface area contributed by atoms with E-state index in [1.807, 2.05) is 42.2 Å². The molecule has 0 saturated carbocycles. The summed E-state index contributed by atoms with van der Waals surface area (Å²) in [7, 11) is 0. The first-order valence-electron chi connectivity index (χ1n) is 11.6. The van der Waals surface area contributed by atoms with E-state index in [1.165, 1.54) is 12.1 Å². The molecule has 2 aromatic carbocycles. The number of anilines is 2. The molecule has 176 valence electrons. The summed E-state index contributed by atoms with van der Waals surface area (Å²) in [5, 5.41) is 3.04.